The predicted octanol–water partition coefficient (Wildman–Crippen LogP) is 23.8. The van der Waals surface area contributed by atoms with E-state index in [0.29, 0.717) is 88.3 Å². The van der Waals surface area contributed by atoms with E-state index < -0.39 is 0 Å². The van der Waals surface area contributed by atoms with Crippen LogP contribution in [0.4, 0.5) is 80.2 Å². The summed E-state index contributed by atoms with van der Waals surface area (Å²) in [6, 6.07) is 70.8. The molecule has 0 radical (unpaired) electrons. The van der Waals surface area contributed by atoms with Gasteiger partial charge in [-0.3, -0.25) is 34.9 Å². The van der Waals surface area contributed by atoms with Crippen molar-refractivity contribution in [1.82, 2.24) is 84.7 Å². The maximum atomic E-state index is 14.5. The number of phenols is 1. The monoisotopic (exact) mass is 1920 g/mol. The fraction of sp³-hybridized carbons (Fsp3) is 0.0215. The van der Waals surface area contributed by atoms with Gasteiger partial charge in [0.05, 0.1) is 42.9 Å². The lowest BCUT2D eigenvalue weighted by atomic mass is 10.1. The van der Waals surface area contributed by atoms with Crippen LogP contribution < -0.4 is 49.9 Å². The Morgan fingerprint density at radius 3 is 0.992 bits per heavy atom. The lowest BCUT2D eigenvalue weighted by Gasteiger charge is -2.12. The molecule has 0 saturated heterocycles. The van der Waals surface area contributed by atoms with E-state index >= 15 is 0 Å². The molecule has 652 valence electrons. The first kappa shape index (κ1) is 93.1. The van der Waals surface area contributed by atoms with Gasteiger partial charge < -0.3 is 55.0 Å². The Hall–Kier alpha value is -14.1. The lowest BCUT2D eigenvalue weighted by Crippen LogP contribution is -2.02. The van der Waals surface area contributed by atoms with E-state index in [2.05, 4.69) is 118 Å². The van der Waals surface area contributed by atoms with Gasteiger partial charge in [0.25, 0.3) is 0 Å². The van der Waals surface area contributed by atoms with Gasteiger partial charge in [-0.25, -0.2) is 34.3 Å². The number of rotatable bonds is 23. The Morgan fingerprint density at radius 1 is 0.298 bits per heavy atom. The van der Waals surface area contributed by atoms with Crippen molar-refractivity contribution < 1.29 is 9.50 Å². The van der Waals surface area contributed by atoms with Crippen LogP contribution >= 0.6 is 117 Å². The standard InChI is InChI=1S/C20H14Cl2N6S.C20H15FN6S.C20H16N6S.C17H16N4OS.C16H11Cl3N4S/c21-15-9-13(10-16(22)19(15)29-14-3-7-25-8-4-14)26-18-11-17(27-20(23)28-18)12-1-5-24-6-2-12;21-16-11-14(1-2-18(16)28-15-5-9-24-10-6-15)25-19-12-17(26-20(22)27-19)13-3-7-23-8-4-13;21-20-25-18(14-5-9-22-10-6-14)13-19(26-20)24-15-1-3-16(4-2-15)27-17-7-11-23-12-8-17;1-11-10-16(21-17(18)19-11)20-12-2-6-14(7-3-12)23-15-8-4-13(22)5-9-15;17-12-6-9(5-10-8-14(19)23-16(20)22-10)7-13(18)15(12)24-11-1-3-21-4-2-11/h1-11H,(H3,23,26,27,28);1-12H,(H3,22,25,26,27);1-13H,(H3,21,24,25,26);2-10,22H,1H3,(H3,18,19,20,21);1-4,6-8H,5H2,(H2,20,22,23). The van der Waals surface area contributed by atoms with Gasteiger partial charge in [0.15, 0.2) is 0 Å². The van der Waals surface area contributed by atoms with Gasteiger partial charge >= 0.3 is 0 Å². The Labute approximate surface area is 797 Å². The molecule has 131 heavy (non-hydrogen) atoms. The molecule has 6 aromatic carbocycles. The van der Waals surface area contributed by atoms with Gasteiger partial charge in [0.2, 0.25) is 29.7 Å². The average molecular weight is 1930 g/mol. The van der Waals surface area contributed by atoms with E-state index in [0.717, 1.165) is 89.1 Å². The number of nitrogens with two attached hydrogens (primary N) is 5. The van der Waals surface area contributed by atoms with Crippen LogP contribution in [-0.2, 0) is 6.42 Å². The number of hydrogen-bond donors (Lipinski definition) is 10. The number of nitrogen functional groups attached to an aromatic ring is 5. The molecular formula is C93H72Cl5FN26OS5. The van der Waals surface area contributed by atoms with Gasteiger partial charge in [0.1, 0.15) is 40.0 Å². The Kier molecular flexibility index (Phi) is 32.9. The molecule has 38 heteroatoms. The Bertz CT molecular complexity index is 6760. The molecule has 18 aromatic rings. The first-order valence-corrected chi connectivity index (χ1v) is 45.0. The number of hydrogen-bond acceptors (Lipinski definition) is 32. The maximum absolute atomic E-state index is 14.5. The minimum atomic E-state index is -0.330. The van der Waals surface area contributed by atoms with Crippen LogP contribution in [0.1, 0.15) is 17.0 Å². The summed E-state index contributed by atoms with van der Waals surface area (Å²) in [5.41, 5.74) is 39.2. The van der Waals surface area contributed by atoms with Gasteiger partial charge in [-0.05, 0) is 219 Å². The van der Waals surface area contributed by atoms with E-state index in [1.54, 1.807) is 165 Å². The summed E-state index contributed by atoms with van der Waals surface area (Å²) in [4.78, 5) is 79.3. The fourth-order valence-electron chi connectivity index (χ4n) is 11.8. The molecule has 12 aromatic heterocycles. The third kappa shape index (κ3) is 28.7. The lowest BCUT2D eigenvalue weighted by molar-refractivity contribution is 0.475. The highest BCUT2D eigenvalue weighted by Crippen LogP contribution is 2.43. The summed E-state index contributed by atoms with van der Waals surface area (Å²) in [5, 5.41) is 24.6. The zero-order valence-corrected chi connectivity index (χ0v) is 76.3. The normalized spacial score (nSPS) is 10.6. The quantitative estimate of drug-likeness (QED) is 0.0266. The molecule has 27 nitrogen and oxygen atoms in total. The third-order valence-corrected chi connectivity index (χ3v) is 24.8. The molecule has 0 amide bonds. The second-order valence-corrected chi connectivity index (χ2v) is 34.8. The van der Waals surface area contributed by atoms with E-state index in [-0.39, 0.29) is 41.3 Å². The molecule has 0 atom stereocenters. The summed E-state index contributed by atoms with van der Waals surface area (Å²) < 4.78 is 14.5. The number of benzene rings is 6. The molecule has 0 bridgehead atoms. The fourth-order valence-corrected chi connectivity index (χ4v) is 17.6. The Balaban J connectivity index is 0.000000132. The minimum Gasteiger partial charge on any atom is -0.508 e. The molecule has 0 fully saturated rings. The minimum absolute atomic E-state index is 0.127. The van der Waals surface area contributed by atoms with Crippen LogP contribution in [0.2, 0.25) is 25.2 Å². The summed E-state index contributed by atoms with van der Waals surface area (Å²) in [7, 11) is 0. The molecule has 0 unspecified atom stereocenters. The van der Waals surface area contributed by atoms with Crippen molar-refractivity contribution in [2.45, 2.75) is 62.3 Å². The van der Waals surface area contributed by atoms with Crippen LogP contribution in [0.25, 0.3) is 33.8 Å². The van der Waals surface area contributed by atoms with Crippen molar-refractivity contribution in [3.05, 3.63) is 365 Å². The zero-order chi connectivity index (χ0) is 91.4. The largest absolute Gasteiger partial charge is 0.508 e. The molecule has 18 rings (SSSR count). The maximum Gasteiger partial charge on any atom is 0.222 e. The van der Waals surface area contributed by atoms with Gasteiger partial charge in [-0.2, -0.15) is 19.9 Å². The topological polar surface area (TPSA) is 418 Å². The highest BCUT2D eigenvalue weighted by atomic mass is 35.5. The number of aromatic nitrogens is 17. The van der Waals surface area contributed by atoms with E-state index in [4.69, 9.17) is 86.7 Å². The van der Waals surface area contributed by atoms with E-state index in [1.165, 1.54) is 41.4 Å². The number of nitrogens with one attached hydrogen (secondary N) is 4. The number of aromatic hydroxyl groups is 1. The van der Waals surface area contributed by atoms with Crippen LogP contribution in [-0.4, -0.2) is 89.8 Å². The number of pyridine rings is 7. The van der Waals surface area contributed by atoms with Crippen molar-refractivity contribution in [3.63, 3.8) is 0 Å². The van der Waals surface area contributed by atoms with Gasteiger partial charge in [-0.1, -0.05) is 117 Å². The number of aryl methyl sites for hydroxylation is 1. The van der Waals surface area contributed by atoms with Crippen LogP contribution in [0.3, 0.4) is 0 Å². The number of anilines is 13. The van der Waals surface area contributed by atoms with Gasteiger partial charge in [-0.15, -0.1) is 0 Å². The first-order chi connectivity index (χ1) is 63.6. The molecule has 0 saturated carbocycles. The number of phenolic OH excluding ortho intramolecular Hbond substituents is 1. The van der Waals surface area contributed by atoms with Crippen molar-refractivity contribution in [1.29, 1.82) is 0 Å². The second-order valence-electron chi connectivity index (χ2n) is 27.3. The van der Waals surface area contributed by atoms with Crippen LogP contribution in [0, 0.1) is 12.7 Å². The van der Waals surface area contributed by atoms with Crippen LogP contribution in [0.5, 0.6) is 5.75 Å². The van der Waals surface area contributed by atoms with Crippen molar-refractivity contribution in [3.8, 4) is 39.5 Å². The van der Waals surface area contributed by atoms with E-state index in [1.807, 2.05) is 165 Å². The smallest absolute Gasteiger partial charge is 0.222 e. The molecular weight excluding hydrogens is 1850 g/mol. The van der Waals surface area contributed by atoms with Crippen molar-refractivity contribution in [2.24, 2.45) is 0 Å². The molecule has 0 aliphatic carbocycles. The highest BCUT2D eigenvalue weighted by molar-refractivity contribution is 8.00. The number of halogens is 6. The summed E-state index contributed by atoms with van der Waals surface area (Å²) in [6.07, 6.45) is 24.5. The van der Waals surface area contributed by atoms with E-state index in [9.17, 15) is 9.50 Å². The molecule has 12 heterocycles. The number of nitrogens with zero attached hydrogens (tertiary/aromatic N) is 17. The molecule has 0 spiro atoms. The molecule has 15 N–H and O–H groups in total. The van der Waals surface area contributed by atoms with Crippen molar-refractivity contribution >= 4 is 193 Å². The summed E-state index contributed by atoms with van der Waals surface area (Å²) >= 11 is 39.3. The third-order valence-electron chi connectivity index (χ3n) is 17.5. The Morgan fingerprint density at radius 2 is 0.611 bits per heavy atom. The molecule has 0 aliphatic heterocycles. The second kappa shape index (κ2) is 46.2. The van der Waals surface area contributed by atoms with Gasteiger partial charge in [0, 0.05) is 212 Å². The summed E-state index contributed by atoms with van der Waals surface area (Å²) in [6.45, 7) is 1.88. The van der Waals surface area contributed by atoms with Crippen LogP contribution in [0.15, 0.2) is 366 Å². The highest BCUT2D eigenvalue weighted by Gasteiger charge is 2.17. The predicted molar refractivity (Wildman–Crippen MR) is 525 cm³/mol. The average Bonchev–Trinajstić information content (AvgIpc) is 0.800. The molecule has 0 aliphatic rings. The SMILES string of the molecule is Cc1cc(Nc2ccc(Sc3ccc(O)cc3)cc2)nc(N)n1.Nc1nc(Cl)cc(Cc2cc(Cl)c(Sc3ccncc3)c(Cl)c2)n1.Nc1nc(Nc2cc(Cl)c(Sc3ccncc3)c(Cl)c2)cc(-c2ccncc2)n1.Nc1nc(Nc2ccc(Sc3ccncc3)c(F)c2)cc(-c2ccncc2)n1.Nc1nc(Nc2ccc(Sc3ccncc3)cc2)cc(-c2ccncc2)n1. The zero-order valence-electron chi connectivity index (χ0n) is 68.5. The first-order valence-electron chi connectivity index (χ1n) is 39.0. The summed E-state index contributed by atoms with van der Waals surface area (Å²) in [5.74, 6) is 3.17. The van der Waals surface area contributed by atoms with Crippen molar-refractivity contribution in [2.75, 3.05) is 49.9 Å².